The van der Waals surface area contributed by atoms with E-state index in [1.54, 1.807) is 24.8 Å². The third-order valence-corrected chi connectivity index (χ3v) is 5.01. The molecule has 154 valence electrons. The number of nitrogens with one attached hydrogen (secondary N) is 2. The van der Waals surface area contributed by atoms with E-state index in [9.17, 15) is 18.8 Å². The van der Waals surface area contributed by atoms with Crippen molar-refractivity contribution in [3.63, 3.8) is 0 Å². The number of carbonyl (C=O) groups excluding carboxylic acids is 3. The number of nitrogens with zero attached hydrogens (tertiary/aromatic N) is 2. The SMILES string of the molecule is CC1(C)NC(=O)N(CCCC(=O)N2CCNCC2c2cccc(F)c2)C1=O.Cl. The summed E-state index contributed by atoms with van der Waals surface area (Å²) < 4.78 is 13.6. The van der Waals surface area contributed by atoms with E-state index < -0.39 is 11.6 Å². The summed E-state index contributed by atoms with van der Waals surface area (Å²) in [5, 5.41) is 5.86. The molecule has 2 fully saturated rings. The van der Waals surface area contributed by atoms with E-state index in [0.29, 0.717) is 26.1 Å². The average molecular weight is 413 g/mol. The molecule has 3 rings (SSSR count). The molecule has 0 spiro atoms. The number of piperazine rings is 1. The number of carbonyl (C=O) groups is 3. The van der Waals surface area contributed by atoms with Crippen LogP contribution in [-0.4, -0.2) is 59.4 Å². The highest BCUT2D eigenvalue weighted by molar-refractivity contribution is 6.06. The van der Waals surface area contributed by atoms with Gasteiger partial charge in [-0.05, 0) is 38.0 Å². The maximum Gasteiger partial charge on any atom is 0.325 e. The number of imide groups is 1. The van der Waals surface area contributed by atoms with Gasteiger partial charge in [-0.1, -0.05) is 12.1 Å². The van der Waals surface area contributed by atoms with Gasteiger partial charge >= 0.3 is 6.03 Å². The molecule has 2 aliphatic heterocycles. The number of urea groups is 1. The van der Waals surface area contributed by atoms with Crippen LogP contribution in [-0.2, 0) is 9.59 Å². The molecule has 2 saturated heterocycles. The Labute approximate surface area is 170 Å². The minimum atomic E-state index is -0.901. The Morgan fingerprint density at radius 3 is 2.71 bits per heavy atom. The minimum absolute atomic E-state index is 0. The minimum Gasteiger partial charge on any atom is -0.333 e. The lowest BCUT2D eigenvalue weighted by atomic mass is 10.0. The van der Waals surface area contributed by atoms with Gasteiger partial charge < -0.3 is 15.5 Å². The molecule has 0 saturated carbocycles. The largest absolute Gasteiger partial charge is 0.333 e. The molecular formula is C19H26ClFN4O3. The van der Waals surface area contributed by atoms with Crippen LogP contribution >= 0.6 is 12.4 Å². The highest BCUT2D eigenvalue weighted by Crippen LogP contribution is 2.24. The molecule has 0 radical (unpaired) electrons. The summed E-state index contributed by atoms with van der Waals surface area (Å²) in [4.78, 5) is 39.7. The third-order valence-electron chi connectivity index (χ3n) is 5.01. The average Bonchev–Trinajstić information content (AvgIpc) is 2.83. The fourth-order valence-electron chi connectivity index (χ4n) is 3.57. The summed E-state index contributed by atoms with van der Waals surface area (Å²) in [7, 11) is 0. The van der Waals surface area contributed by atoms with Gasteiger partial charge in [-0.25, -0.2) is 9.18 Å². The van der Waals surface area contributed by atoms with Crippen LogP contribution in [0.15, 0.2) is 24.3 Å². The number of benzene rings is 1. The van der Waals surface area contributed by atoms with Crippen molar-refractivity contribution in [3.8, 4) is 0 Å². The topological polar surface area (TPSA) is 81.8 Å². The Balaban J connectivity index is 0.00000280. The molecule has 1 atom stereocenters. The van der Waals surface area contributed by atoms with Gasteiger partial charge in [0.1, 0.15) is 11.4 Å². The number of halogens is 2. The van der Waals surface area contributed by atoms with E-state index in [-0.39, 0.29) is 49.0 Å². The fraction of sp³-hybridized carbons (Fsp3) is 0.526. The summed E-state index contributed by atoms with van der Waals surface area (Å²) in [6, 6.07) is 5.64. The second-order valence-electron chi connectivity index (χ2n) is 7.48. The maximum absolute atomic E-state index is 13.6. The molecule has 2 N–H and O–H groups in total. The molecule has 2 aliphatic rings. The second-order valence-corrected chi connectivity index (χ2v) is 7.48. The second kappa shape index (κ2) is 8.87. The Morgan fingerprint density at radius 1 is 1.32 bits per heavy atom. The van der Waals surface area contributed by atoms with Crippen LogP contribution in [0, 0.1) is 5.82 Å². The molecule has 1 aromatic carbocycles. The van der Waals surface area contributed by atoms with Gasteiger partial charge in [-0.3, -0.25) is 14.5 Å². The number of amides is 4. The summed E-state index contributed by atoms with van der Waals surface area (Å²) in [5.74, 6) is -0.663. The lowest BCUT2D eigenvalue weighted by Crippen LogP contribution is -2.48. The summed E-state index contributed by atoms with van der Waals surface area (Å²) in [6.45, 7) is 5.30. The van der Waals surface area contributed by atoms with Crippen LogP contribution in [0.2, 0.25) is 0 Å². The van der Waals surface area contributed by atoms with E-state index in [1.165, 1.54) is 12.1 Å². The monoisotopic (exact) mass is 412 g/mol. The van der Waals surface area contributed by atoms with Crippen molar-refractivity contribution in [1.29, 1.82) is 0 Å². The zero-order valence-corrected chi connectivity index (χ0v) is 16.9. The van der Waals surface area contributed by atoms with Crippen molar-refractivity contribution in [3.05, 3.63) is 35.6 Å². The molecule has 9 heteroatoms. The van der Waals surface area contributed by atoms with Crippen molar-refractivity contribution >= 4 is 30.3 Å². The normalized spacial score (nSPS) is 21.3. The van der Waals surface area contributed by atoms with Crippen molar-refractivity contribution < 1.29 is 18.8 Å². The van der Waals surface area contributed by atoms with Gasteiger partial charge in [0, 0.05) is 32.6 Å². The van der Waals surface area contributed by atoms with Crippen LogP contribution in [0.4, 0.5) is 9.18 Å². The first kappa shape index (κ1) is 22.1. The summed E-state index contributed by atoms with van der Waals surface area (Å²) >= 11 is 0. The van der Waals surface area contributed by atoms with Crippen LogP contribution in [0.1, 0.15) is 38.3 Å². The third kappa shape index (κ3) is 4.62. The Hall–Kier alpha value is -2.19. The molecule has 2 heterocycles. The maximum atomic E-state index is 13.6. The molecule has 7 nitrogen and oxygen atoms in total. The van der Waals surface area contributed by atoms with Gasteiger partial charge in [-0.15, -0.1) is 12.4 Å². The quantitative estimate of drug-likeness (QED) is 0.723. The number of hydrogen-bond donors (Lipinski definition) is 2. The van der Waals surface area contributed by atoms with E-state index in [0.717, 1.165) is 10.5 Å². The number of rotatable bonds is 5. The summed E-state index contributed by atoms with van der Waals surface area (Å²) in [6.07, 6.45) is 0.622. The molecular weight excluding hydrogens is 387 g/mol. The standard InChI is InChI=1S/C19H25FN4O3.ClH/c1-19(2)17(26)24(18(27)22-19)9-4-7-16(25)23-10-8-21-12-15(23)13-5-3-6-14(20)11-13;/h3,5-6,11,15,21H,4,7-10,12H2,1-2H3,(H,22,27);1H. The van der Waals surface area contributed by atoms with Gasteiger partial charge in [-0.2, -0.15) is 0 Å². The van der Waals surface area contributed by atoms with Crippen LogP contribution in [0.25, 0.3) is 0 Å². The predicted octanol–water partition coefficient (Wildman–Crippen LogP) is 1.83. The van der Waals surface area contributed by atoms with E-state index in [4.69, 9.17) is 0 Å². The molecule has 0 aromatic heterocycles. The Kier molecular flexibility index (Phi) is 7.01. The highest BCUT2D eigenvalue weighted by Gasteiger charge is 2.43. The van der Waals surface area contributed by atoms with E-state index >= 15 is 0 Å². The van der Waals surface area contributed by atoms with E-state index in [1.807, 2.05) is 6.07 Å². The molecule has 1 unspecified atom stereocenters. The lowest BCUT2D eigenvalue weighted by Gasteiger charge is -2.36. The van der Waals surface area contributed by atoms with Crippen LogP contribution in [0.3, 0.4) is 0 Å². The number of hydrogen-bond acceptors (Lipinski definition) is 4. The predicted molar refractivity (Wildman–Crippen MR) is 105 cm³/mol. The highest BCUT2D eigenvalue weighted by atomic mass is 35.5. The smallest absolute Gasteiger partial charge is 0.325 e. The summed E-state index contributed by atoms with van der Waals surface area (Å²) in [5.41, 5.74) is -0.145. The lowest BCUT2D eigenvalue weighted by molar-refractivity contribution is -0.135. The van der Waals surface area contributed by atoms with E-state index in [2.05, 4.69) is 10.6 Å². The Morgan fingerprint density at radius 2 is 2.07 bits per heavy atom. The van der Waals surface area contributed by atoms with Crippen molar-refractivity contribution in [2.75, 3.05) is 26.2 Å². The first-order valence-corrected chi connectivity index (χ1v) is 9.19. The molecule has 0 bridgehead atoms. The van der Waals surface area contributed by atoms with Gasteiger partial charge in [0.25, 0.3) is 5.91 Å². The first-order valence-electron chi connectivity index (χ1n) is 9.19. The molecule has 4 amide bonds. The first-order chi connectivity index (χ1) is 12.8. The van der Waals surface area contributed by atoms with Crippen molar-refractivity contribution in [2.24, 2.45) is 0 Å². The van der Waals surface area contributed by atoms with Crippen molar-refractivity contribution in [1.82, 2.24) is 20.4 Å². The van der Waals surface area contributed by atoms with Crippen molar-refractivity contribution in [2.45, 2.75) is 38.3 Å². The van der Waals surface area contributed by atoms with Crippen LogP contribution in [0.5, 0.6) is 0 Å². The van der Waals surface area contributed by atoms with Gasteiger partial charge in [0.2, 0.25) is 5.91 Å². The molecule has 28 heavy (non-hydrogen) atoms. The molecule has 1 aromatic rings. The van der Waals surface area contributed by atoms with Crippen LogP contribution < -0.4 is 10.6 Å². The zero-order chi connectivity index (χ0) is 19.6. The fourth-order valence-corrected chi connectivity index (χ4v) is 3.57. The molecule has 0 aliphatic carbocycles. The van der Waals surface area contributed by atoms with Gasteiger partial charge in [0.15, 0.2) is 0 Å². The Bertz CT molecular complexity index is 758. The zero-order valence-electron chi connectivity index (χ0n) is 16.0. The van der Waals surface area contributed by atoms with Gasteiger partial charge in [0.05, 0.1) is 6.04 Å².